The highest BCUT2D eigenvalue weighted by Crippen LogP contribution is 2.30. The number of aromatic nitrogens is 1. The van der Waals surface area contributed by atoms with Crippen molar-refractivity contribution >= 4 is 12.6 Å². The first-order valence-electron chi connectivity index (χ1n) is 8.27. The van der Waals surface area contributed by atoms with Gasteiger partial charge in [0, 0.05) is 17.9 Å². The van der Waals surface area contributed by atoms with Gasteiger partial charge in [-0.25, -0.2) is 0 Å². The van der Waals surface area contributed by atoms with E-state index in [-0.39, 0.29) is 0 Å². The molecule has 138 valence electrons. The Morgan fingerprint density at radius 1 is 0.960 bits per heavy atom. The van der Waals surface area contributed by atoms with Gasteiger partial charge < -0.3 is 19.5 Å². The average molecular weight is 348 g/mol. The molecular weight excluding hydrogens is 319 g/mol. The van der Waals surface area contributed by atoms with Crippen LogP contribution in [-0.2, 0) is 9.31 Å². The fourth-order valence-electron chi connectivity index (χ4n) is 1.68. The molecule has 0 radical (unpaired) electrons. The van der Waals surface area contributed by atoms with Crippen molar-refractivity contribution in [3.05, 3.63) is 24.0 Å². The number of aliphatic hydroxyl groups is 2. The third-order valence-electron chi connectivity index (χ3n) is 4.98. The Morgan fingerprint density at radius 3 is 1.76 bits per heavy atom. The van der Waals surface area contributed by atoms with Crippen LogP contribution >= 0.6 is 0 Å². The van der Waals surface area contributed by atoms with Crippen LogP contribution in [0.2, 0.25) is 0 Å². The second-order valence-corrected chi connectivity index (χ2v) is 8.28. The molecule has 0 spiro atoms. The number of hydrogen-bond donors (Lipinski definition) is 2. The number of nitrogens with zero attached hydrogens (tertiary/aromatic N) is 2. The van der Waals surface area contributed by atoms with Crippen LogP contribution in [0.4, 0.5) is 0 Å². The molecule has 25 heavy (non-hydrogen) atoms. The van der Waals surface area contributed by atoms with E-state index in [1.807, 2.05) is 0 Å². The maximum absolute atomic E-state index is 10.4. The molecule has 6 nitrogen and oxygen atoms in total. The van der Waals surface area contributed by atoms with Gasteiger partial charge in [-0.2, -0.15) is 5.26 Å². The Morgan fingerprint density at radius 2 is 1.40 bits per heavy atom. The third-order valence-corrected chi connectivity index (χ3v) is 4.98. The SMILES string of the molecule is CC(C)(O)C(C)(C)OB(OC(C)(C)C(C)(C)O)c1ccncc1C#N. The molecule has 0 aromatic carbocycles. The summed E-state index contributed by atoms with van der Waals surface area (Å²) in [4.78, 5) is 3.96. The van der Waals surface area contributed by atoms with Gasteiger partial charge in [0.05, 0.1) is 28.0 Å². The van der Waals surface area contributed by atoms with Crippen molar-refractivity contribution in [1.82, 2.24) is 4.98 Å². The molecule has 0 fully saturated rings. The van der Waals surface area contributed by atoms with Crippen molar-refractivity contribution in [2.75, 3.05) is 0 Å². The van der Waals surface area contributed by atoms with Gasteiger partial charge in [-0.15, -0.1) is 0 Å². The van der Waals surface area contributed by atoms with E-state index in [1.54, 1.807) is 67.7 Å². The van der Waals surface area contributed by atoms with Crippen molar-refractivity contribution < 1.29 is 19.5 Å². The van der Waals surface area contributed by atoms with Crippen molar-refractivity contribution in [3.63, 3.8) is 0 Å². The smallest absolute Gasteiger partial charge is 0.399 e. The minimum absolute atomic E-state index is 0.311. The second kappa shape index (κ2) is 7.04. The minimum Gasteiger partial charge on any atom is -0.399 e. The molecular formula is C18H29BN2O4. The first-order valence-corrected chi connectivity index (χ1v) is 8.27. The van der Waals surface area contributed by atoms with E-state index in [0.717, 1.165) is 0 Å². The van der Waals surface area contributed by atoms with Crippen LogP contribution < -0.4 is 5.46 Å². The summed E-state index contributed by atoms with van der Waals surface area (Å²) in [7, 11) is -0.972. The second-order valence-electron chi connectivity index (χ2n) is 8.28. The maximum atomic E-state index is 10.4. The molecule has 0 saturated heterocycles. The fourth-order valence-corrected chi connectivity index (χ4v) is 1.68. The number of pyridine rings is 1. The van der Waals surface area contributed by atoms with Crippen molar-refractivity contribution in [1.29, 1.82) is 5.26 Å². The van der Waals surface area contributed by atoms with Crippen LogP contribution in [0.15, 0.2) is 18.5 Å². The number of hydrogen-bond acceptors (Lipinski definition) is 6. The van der Waals surface area contributed by atoms with Gasteiger partial charge in [0.25, 0.3) is 0 Å². The Balaban J connectivity index is 3.36. The molecule has 0 amide bonds. The zero-order valence-corrected chi connectivity index (χ0v) is 16.4. The number of nitriles is 1. The van der Waals surface area contributed by atoms with Crippen LogP contribution in [0.3, 0.4) is 0 Å². The average Bonchev–Trinajstić information content (AvgIpc) is 2.43. The van der Waals surface area contributed by atoms with Gasteiger partial charge in [-0.3, -0.25) is 4.98 Å². The normalized spacial score (nSPS) is 13.5. The summed E-state index contributed by atoms with van der Waals surface area (Å²) in [5, 5.41) is 30.2. The van der Waals surface area contributed by atoms with Gasteiger partial charge in [0.2, 0.25) is 0 Å². The Hall–Kier alpha value is -1.46. The lowest BCUT2D eigenvalue weighted by atomic mass is 9.72. The topological polar surface area (TPSA) is 95.6 Å². The molecule has 0 aliphatic carbocycles. The van der Waals surface area contributed by atoms with E-state index < -0.39 is 29.5 Å². The van der Waals surface area contributed by atoms with E-state index in [1.165, 1.54) is 6.20 Å². The van der Waals surface area contributed by atoms with Crippen LogP contribution in [0.25, 0.3) is 0 Å². The summed E-state index contributed by atoms with van der Waals surface area (Å²) >= 11 is 0. The van der Waals surface area contributed by atoms with Gasteiger partial charge in [-0.05, 0) is 61.5 Å². The Bertz CT molecular complexity index is 612. The van der Waals surface area contributed by atoms with Gasteiger partial charge in [-0.1, -0.05) is 0 Å². The van der Waals surface area contributed by atoms with E-state index >= 15 is 0 Å². The molecule has 1 aromatic rings. The van der Waals surface area contributed by atoms with Crippen LogP contribution in [0.5, 0.6) is 0 Å². The Kier molecular flexibility index (Phi) is 6.08. The molecule has 0 aliphatic rings. The van der Waals surface area contributed by atoms with Gasteiger partial charge >= 0.3 is 7.12 Å². The Labute approximate surface area is 150 Å². The molecule has 1 rings (SSSR count). The molecule has 1 aromatic heterocycles. The lowest BCUT2D eigenvalue weighted by Gasteiger charge is -2.43. The van der Waals surface area contributed by atoms with Gasteiger partial charge in [0.1, 0.15) is 6.07 Å². The molecule has 1 heterocycles. The molecule has 7 heteroatoms. The first-order chi connectivity index (χ1) is 11.1. The molecule has 2 N–H and O–H groups in total. The monoisotopic (exact) mass is 348 g/mol. The predicted octanol–water partition coefficient (Wildman–Crippen LogP) is 1.78. The molecule has 0 saturated carbocycles. The molecule has 0 aliphatic heterocycles. The van der Waals surface area contributed by atoms with Crippen LogP contribution in [0, 0.1) is 11.3 Å². The van der Waals surface area contributed by atoms with Crippen LogP contribution in [-0.4, -0.2) is 44.7 Å². The number of rotatable bonds is 7. The quantitative estimate of drug-likeness (QED) is 0.730. The lowest BCUT2D eigenvalue weighted by Crippen LogP contribution is -2.59. The first kappa shape index (κ1) is 21.6. The van der Waals surface area contributed by atoms with Crippen molar-refractivity contribution in [2.45, 2.75) is 77.8 Å². The zero-order chi connectivity index (χ0) is 19.7. The third kappa shape index (κ3) is 5.02. The summed E-state index contributed by atoms with van der Waals surface area (Å²) in [5.74, 6) is 0. The highest BCUT2D eigenvalue weighted by molar-refractivity contribution is 6.62. The van der Waals surface area contributed by atoms with Crippen molar-refractivity contribution in [2.24, 2.45) is 0 Å². The molecule has 0 atom stereocenters. The van der Waals surface area contributed by atoms with E-state index in [2.05, 4.69) is 11.1 Å². The summed E-state index contributed by atoms with van der Waals surface area (Å²) in [6.45, 7) is 13.5. The summed E-state index contributed by atoms with van der Waals surface area (Å²) < 4.78 is 12.2. The highest BCUT2D eigenvalue weighted by atomic mass is 16.6. The van der Waals surface area contributed by atoms with E-state index in [9.17, 15) is 15.5 Å². The molecule has 0 unspecified atom stereocenters. The van der Waals surface area contributed by atoms with E-state index in [4.69, 9.17) is 9.31 Å². The standard InChI is InChI=1S/C18H29BN2O4/c1-15(2,22)17(5,6)24-19(25-18(7,8)16(3,4)23)14-9-10-21-12-13(14)11-20/h9-10,12,22-23H,1-8H3. The van der Waals surface area contributed by atoms with Crippen molar-refractivity contribution in [3.8, 4) is 6.07 Å². The predicted molar refractivity (Wildman–Crippen MR) is 97.3 cm³/mol. The van der Waals surface area contributed by atoms with E-state index in [0.29, 0.717) is 11.0 Å². The summed E-state index contributed by atoms with van der Waals surface area (Å²) in [6, 6.07) is 3.72. The zero-order valence-electron chi connectivity index (χ0n) is 16.4. The largest absolute Gasteiger partial charge is 0.496 e. The maximum Gasteiger partial charge on any atom is 0.496 e. The molecule has 0 bridgehead atoms. The lowest BCUT2D eigenvalue weighted by molar-refractivity contribution is -0.132. The van der Waals surface area contributed by atoms with Crippen LogP contribution in [0.1, 0.15) is 61.0 Å². The summed E-state index contributed by atoms with van der Waals surface area (Å²) in [6.07, 6.45) is 2.98. The van der Waals surface area contributed by atoms with Gasteiger partial charge in [0.15, 0.2) is 0 Å². The summed E-state index contributed by atoms with van der Waals surface area (Å²) in [5.41, 5.74) is -3.48. The fraction of sp³-hybridized carbons (Fsp3) is 0.667. The minimum atomic E-state index is -1.16. The highest BCUT2D eigenvalue weighted by Gasteiger charge is 2.46.